The first-order valence-corrected chi connectivity index (χ1v) is 8.95. The van der Waals surface area contributed by atoms with Gasteiger partial charge in [0.15, 0.2) is 5.69 Å². The summed E-state index contributed by atoms with van der Waals surface area (Å²) in [4.78, 5) is 41.2. The number of carbonyl (C=O) groups excluding carboxylic acids is 1. The highest BCUT2D eigenvalue weighted by Gasteiger charge is 2.31. The number of nitrogens with two attached hydrogens (primary N) is 1. The lowest BCUT2D eigenvalue weighted by molar-refractivity contribution is -0.122. The van der Waals surface area contributed by atoms with Gasteiger partial charge in [0.25, 0.3) is 5.56 Å². The van der Waals surface area contributed by atoms with Crippen molar-refractivity contribution < 1.29 is 4.79 Å². The monoisotopic (exact) mass is 336 g/mol. The quantitative estimate of drug-likeness (QED) is 0.793. The van der Waals surface area contributed by atoms with Crippen molar-refractivity contribution in [1.29, 1.82) is 0 Å². The van der Waals surface area contributed by atoms with Crippen LogP contribution in [-0.2, 0) is 11.3 Å². The second-order valence-corrected chi connectivity index (χ2v) is 6.47. The Morgan fingerprint density at radius 2 is 1.92 bits per heavy atom. The zero-order valence-corrected chi connectivity index (χ0v) is 14.6. The normalized spacial score (nSPS) is 14.9. The Kier molecular flexibility index (Phi) is 6.23. The first kappa shape index (κ1) is 18.3. The van der Waals surface area contributed by atoms with Crippen LogP contribution in [0.2, 0.25) is 0 Å². The van der Waals surface area contributed by atoms with E-state index >= 15 is 0 Å². The van der Waals surface area contributed by atoms with Gasteiger partial charge in [-0.3, -0.25) is 19.1 Å². The molecule has 0 spiro atoms. The number of amides is 1. The van der Waals surface area contributed by atoms with Gasteiger partial charge in [-0.1, -0.05) is 33.1 Å². The minimum Gasteiger partial charge on any atom is -0.383 e. The maximum absolute atomic E-state index is 12.9. The fourth-order valence-electron chi connectivity index (χ4n) is 3.33. The van der Waals surface area contributed by atoms with E-state index < -0.39 is 11.2 Å². The van der Waals surface area contributed by atoms with Crippen molar-refractivity contribution in [3.05, 3.63) is 20.8 Å². The van der Waals surface area contributed by atoms with Crippen molar-refractivity contribution in [3.8, 4) is 0 Å². The van der Waals surface area contributed by atoms with Crippen LogP contribution in [0.1, 0.15) is 58.8 Å². The van der Waals surface area contributed by atoms with Crippen LogP contribution in [0.5, 0.6) is 0 Å². The topological polar surface area (TPSA) is 101 Å². The minimum atomic E-state index is -0.577. The number of aromatic amines is 1. The summed E-state index contributed by atoms with van der Waals surface area (Å²) < 4.78 is 1.34. The van der Waals surface area contributed by atoms with Gasteiger partial charge in [-0.25, -0.2) is 4.79 Å². The van der Waals surface area contributed by atoms with E-state index in [-0.39, 0.29) is 23.3 Å². The molecule has 1 aromatic heterocycles. The average Bonchev–Trinajstić information content (AvgIpc) is 3.08. The second-order valence-electron chi connectivity index (χ2n) is 6.47. The van der Waals surface area contributed by atoms with Crippen LogP contribution in [-0.4, -0.2) is 22.0 Å². The van der Waals surface area contributed by atoms with Gasteiger partial charge in [-0.15, -0.1) is 0 Å². The van der Waals surface area contributed by atoms with Gasteiger partial charge in [-0.05, 0) is 25.7 Å². The Labute approximate surface area is 141 Å². The molecule has 24 heavy (non-hydrogen) atoms. The minimum absolute atomic E-state index is 0.0418. The van der Waals surface area contributed by atoms with Crippen molar-refractivity contribution >= 4 is 17.4 Å². The molecule has 0 saturated heterocycles. The van der Waals surface area contributed by atoms with Crippen LogP contribution in [0.4, 0.5) is 11.5 Å². The Morgan fingerprint density at radius 3 is 2.50 bits per heavy atom. The standard InChI is InChI=1S/C17H28N4O3/c1-3-5-11-20(16(23)12-8-6-7-9-12)13-14(18)21(10-4-2)17(24)19-15(13)22/h12H,3-11,18H2,1-2H3,(H,19,22,24). The molecule has 0 unspecified atom stereocenters. The predicted molar refractivity (Wildman–Crippen MR) is 95.2 cm³/mol. The summed E-state index contributed by atoms with van der Waals surface area (Å²) in [5.74, 6) is 0.0000989. The summed E-state index contributed by atoms with van der Waals surface area (Å²) in [5.41, 5.74) is 5.16. The van der Waals surface area contributed by atoms with E-state index in [0.29, 0.717) is 19.5 Å². The number of unbranched alkanes of at least 4 members (excludes halogenated alkanes) is 1. The molecular formula is C17H28N4O3. The number of anilines is 2. The van der Waals surface area contributed by atoms with E-state index in [4.69, 9.17) is 5.73 Å². The van der Waals surface area contributed by atoms with Crippen LogP contribution in [0.15, 0.2) is 9.59 Å². The highest BCUT2D eigenvalue weighted by atomic mass is 16.2. The molecule has 1 amide bonds. The van der Waals surface area contributed by atoms with Crippen LogP contribution in [0.3, 0.4) is 0 Å². The molecule has 2 rings (SSSR count). The van der Waals surface area contributed by atoms with Gasteiger partial charge >= 0.3 is 5.69 Å². The molecule has 7 heteroatoms. The highest BCUT2D eigenvalue weighted by molar-refractivity contribution is 5.97. The smallest absolute Gasteiger partial charge is 0.330 e. The number of carbonyl (C=O) groups is 1. The number of rotatable bonds is 7. The largest absolute Gasteiger partial charge is 0.383 e. The first-order valence-electron chi connectivity index (χ1n) is 8.95. The van der Waals surface area contributed by atoms with E-state index in [2.05, 4.69) is 4.98 Å². The fourth-order valence-corrected chi connectivity index (χ4v) is 3.33. The van der Waals surface area contributed by atoms with Gasteiger partial charge < -0.3 is 10.6 Å². The molecule has 1 saturated carbocycles. The summed E-state index contributed by atoms with van der Waals surface area (Å²) in [7, 11) is 0. The maximum Gasteiger partial charge on any atom is 0.330 e. The number of hydrogen-bond acceptors (Lipinski definition) is 4. The molecule has 0 bridgehead atoms. The maximum atomic E-state index is 12.9. The summed E-state index contributed by atoms with van der Waals surface area (Å²) in [6.07, 6.45) is 6.19. The highest BCUT2D eigenvalue weighted by Crippen LogP contribution is 2.29. The molecule has 1 fully saturated rings. The third-order valence-corrected chi connectivity index (χ3v) is 4.64. The van der Waals surface area contributed by atoms with E-state index in [1.807, 2.05) is 13.8 Å². The molecule has 1 aliphatic rings. The van der Waals surface area contributed by atoms with Crippen LogP contribution < -0.4 is 21.9 Å². The van der Waals surface area contributed by atoms with E-state index in [1.165, 1.54) is 9.47 Å². The van der Waals surface area contributed by atoms with Crippen molar-refractivity contribution in [3.63, 3.8) is 0 Å². The number of nitrogens with zero attached hydrogens (tertiary/aromatic N) is 2. The number of aromatic nitrogens is 2. The SMILES string of the molecule is CCCCN(C(=O)C1CCCC1)c1c(N)n(CCC)c(=O)[nH]c1=O. The van der Waals surface area contributed by atoms with E-state index in [1.54, 1.807) is 0 Å². The van der Waals surface area contributed by atoms with Crippen molar-refractivity contribution in [2.24, 2.45) is 5.92 Å². The zero-order chi connectivity index (χ0) is 17.7. The molecule has 0 radical (unpaired) electrons. The fraction of sp³-hybridized carbons (Fsp3) is 0.706. The van der Waals surface area contributed by atoms with E-state index in [9.17, 15) is 14.4 Å². The van der Waals surface area contributed by atoms with Gasteiger partial charge in [0, 0.05) is 19.0 Å². The lowest BCUT2D eigenvalue weighted by Crippen LogP contribution is -2.43. The van der Waals surface area contributed by atoms with Gasteiger partial charge in [0.1, 0.15) is 5.82 Å². The Hall–Kier alpha value is -2.05. The van der Waals surface area contributed by atoms with Crippen molar-refractivity contribution in [2.75, 3.05) is 17.2 Å². The Balaban J connectivity index is 2.48. The average molecular weight is 336 g/mol. The Bertz CT molecular complexity index is 686. The lowest BCUT2D eigenvalue weighted by atomic mass is 10.1. The molecule has 0 aromatic carbocycles. The van der Waals surface area contributed by atoms with Gasteiger partial charge in [0.2, 0.25) is 5.91 Å². The molecule has 1 aliphatic carbocycles. The summed E-state index contributed by atoms with van der Waals surface area (Å²) >= 11 is 0. The van der Waals surface area contributed by atoms with Crippen molar-refractivity contribution in [2.45, 2.75) is 65.3 Å². The second kappa shape index (κ2) is 8.17. The number of hydrogen-bond donors (Lipinski definition) is 2. The predicted octanol–water partition coefficient (Wildman–Crippen LogP) is 1.85. The summed E-state index contributed by atoms with van der Waals surface area (Å²) in [6, 6.07) is 0. The molecule has 7 nitrogen and oxygen atoms in total. The van der Waals surface area contributed by atoms with Crippen LogP contribution in [0, 0.1) is 5.92 Å². The number of nitrogens with one attached hydrogen (secondary N) is 1. The molecule has 3 N–H and O–H groups in total. The number of nitrogen functional groups attached to an aromatic ring is 1. The number of H-pyrrole nitrogens is 1. The van der Waals surface area contributed by atoms with Gasteiger partial charge in [0.05, 0.1) is 0 Å². The summed E-state index contributed by atoms with van der Waals surface area (Å²) in [6.45, 7) is 4.82. The molecule has 0 aliphatic heterocycles. The Morgan fingerprint density at radius 1 is 1.25 bits per heavy atom. The molecule has 1 aromatic rings. The van der Waals surface area contributed by atoms with Gasteiger partial charge in [-0.2, -0.15) is 0 Å². The molecule has 134 valence electrons. The summed E-state index contributed by atoms with van der Waals surface area (Å²) in [5, 5.41) is 0. The molecular weight excluding hydrogens is 308 g/mol. The lowest BCUT2D eigenvalue weighted by Gasteiger charge is -2.26. The van der Waals surface area contributed by atoms with Crippen molar-refractivity contribution in [1.82, 2.24) is 9.55 Å². The van der Waals surface area contributed by atoms with Crippen LogP contribution >= 0.6 is 0 Å². The molecule has 1 heterocycles. The third kappa shape index (κ3) is 3.71. The molecule has 0 atom stereocenters. The van der Waals surface area contributed by atoms with Crippen LogP contribution in [0.25, 0.3) is 0 Å². The van der Waals surface area contributed by atoms with E-state index in [0.717, 1.165) is 38.5 Å². The third-order valence-electron chi connectivity index (χ3n) is 4.64. The zero-order valence-electron chi connectivity index (χ0n) is 14.6. The first-order chi connectivity index (χ1) is 11.5.